The first kappa shape index (κ1) is 27.3. The molecule has 208 valence electrons. The third-order valence-corrected chi connectivity index (χ3v) is 9.30. The van der Waals surface area contributed by atoms with E-state index in [2.05, 4.69) is 10.6 Å². The maximum atomic E-state index is 13.0. The standard InChI is InChI=1S/C27H33N5O6S/c28-20-8-11-31(12-9-20)39(36,37)22-3-1-2-21(15-22)38-13-10-29-16-18-4-5-23-19(14-18)17-32(27(23)35)24-6-7-25(33)30-26(24)34/h1-5,14-15,20,24,29H,6-13,16-17,28H2,(H,30,33,34). The summed E-state index contributed by atoms with van der Waals surface area (Å²) >= 11 is 0. The minimum absolute atomic E-state index is 0.0467. The summed E-state index contributed by atoms with van der Waals surface area (Å²) in [4.78, 5) is 38.3. The van der Waals surface area contributed by atoms with Crippen LogP contribution in [0.3, 0.4) is 0 Å². The number of benzene rings is 2. The van der Waals surface area contributed by atoms with Crippen molar-refractivity contribution in [2.75, 3.05) is 26.2 Å². The van der Waals surface area contributed by atoms with Crippen LogP contribution in [-0.2, 0) is 32.7 Å². The topological polar surface area (TPSA) is 151 Å². The van der Waals surface area contributed by atoms with Gasteiger partial charge in [0, 0.05) is 56.8 Å². The molecule has 39 heavy (non-hydrogen) atoms. The predicted octanol–water partition coefficient (Wildman–Crippen LogP) is 0.728. The number of nitrogens with two attached hydrogens (primary N) is 1. The van der Waals surface area contributed by atoms with Crippen LogP contribution in [0.5, 0.6) is 5.75 Å². The van der Waals surface area contributed by atoms with E-state index < -0.39 is 22.0 Å². The number of piperidine rings is 2. The molecule has 2 aromatic carbocycles. The molecule has 2 saturated heterocycles. The Hall–Kier alpha value is -3.32. The van der Waals surface area contributed by atoms with Gasteiger partial charge in [-0.3, -0.25) is 19.7 Å². The van der Waals surface area contributed by atoms with Crippen molar-refractivity contribution in [2.24, 2.45) is 5.73 Å². The van der Waals surface area contributed by atoms with Gasteiger partial charge < -0.3 is 20.7 Å². The van der Waals surface area contributed by atoms with Crippen LogP contribution in [0.15, 0.2) is 47.4 Å². The van der Waals surface area contributed by atoms with Crippen LogP contribution < -0.4 is 21.1 Å². The van der Waals surface area contributed by atoms with E-state index in [0.717, 1.165) is 11.1 Å². The highest BCUT2D eigenvalue weighted by molar-refractivity contribution is 7.89. The number of ether oxygens (including phenoxy) is 1. The fourth-order valence-corrected chi connectivity index (χ4v) is 6.71. The number of sulfonamides is 1. The van der Waals surface area contributed by atoms with Crippen LogP contribution in [0.1, 0.15) is 47.2 Å². The van der Waals surface area contributed by atoms with Gasteiger partial charge in [-0.15, -0.1) is 0 Å². The Morgan fingerprint density at radius 2 is 1.85 bits per heavy atom. The van der Waals surface area contributed by atoms with Crippen LogP contribution in [0.25, 0.3) is 0 Å². The molecule has 0 spiro atoms. The lowest BCUT2D eigenvalue weighted by Crippen LogP contribution is -2.52. The summed E-state index contributed by atoms with van der Waals surface area (Å²) in [5.41, 5.74) is 8.33. The summed E-state index contributed by atoms with van der Waals surface area (Å²) in [6.07, 6.45) is 1.86. The quantitative estimate of drug-likeness (QED) is 0.303. The summed E-state index contributed by atoms with van der Waals surface area (Å²) in [5, 5.41) is 5.61. The second kappa shape index (κ2) is 11.4. The molecule has 0 aliphatic carbocycles. The fourth-order valence-electron chi connectivity index (χ4n) is 5.20. The van der Waals surface area contributed by atoms with Gasteiger partial charge in [0.25, 0.3) is 5.91 Å². The molecule has 0 aromatic heterocycles. The molecule has 3 heterocycles. The molecule has 3 amide bonds. The van der Waals surface area contributed by atoms with E-state index in [9.17, 15) is 22.8 Å². The average molecular weight is 556 g/mol. The molecule has 3 aliphatic heterocycles. The van der Waals surface area contributed by atoms with E-state index in [1.165, 1.54) is 9.21 Å². The van der Waals surface area contributed by atoms with Crippen molar-refractivity contribution in [1.29, 1.82) is 0 Å². The molecular formula is C27H33N5O6S. The summed E-state index contributed by atoms with van der Waals surface area (Å²) < 4.78 is 33.2. The number of imide groups is 1. The number of carbonyl (C=O) groups is 3. The number of amides is 3. The molecule has 11 nitrogen and oxygen atoms in total. The van der Waals surface area contributed by atoms with E-state index in [4.69, 9.17) is 10.5 Å². The maximum Gasteiger partial charge on any atom is 0.255 e. The largest absolute Gasteiger partial charge is 0.492 e. The molecule has 12 heteroatoms. The SMILES string of the molecule is NC1CCN(S(=O)(=O)c2cccc(OCCNCc3ccc4c(c3)CN(C3CCC(=O)NC3=O)C4=O)c2)CC1. The van der Waals surface area contributed by atoms with Crippen molar-refractivity contribution in [3.8, 4) is 5.75 Å². The van der Waals surface area contributed by atoms with Gasteiger partial charge in [-0.1, -0.05) is 18.2 Å². The smallest absolute Gasteiger partial charge is 0.255 e. The van der Waals surface area contributed by atoms with Gasteiger partial charge in [0.05, 0.1) is 4.90 Å². The van der Waals surface area contributed by atoms with Gasteiger partial charge in [0.2, 0.25) is 21.8 Å². The van der Waals surface area contributed by atoms with Crippen LogP contribution in [0, 0.1) is 0 Å². The van der Waals surface area contributed by atoms with Crippen LogP contribution >= 0.6 is 0 Å². The van der Waals surface area contributed by atoms with Crippen molar-refractivity contribution >= 4 is 27.7 Å². The second-order valence-corrected chi connectivity index (χ2v) is 12.1. The Morgan fingerprint density at radius 1 is 1.05 bits per heavy atom. The molecule has 0 radical (unpaired) electrons. The Kier molecular flexibility index (Phi) is 7.98. The van der Waals surface area contributed by atoms with Crippen molar-refractivity contribution in [2.45, 2.75) is 55.8 Å². The van der Waals surface area contributed by atoms with E-state index >= 15 is 0 Å². The van der Waals surface area contributed by atoms with E-state index in [0.29, 0.717) is 69.9 Å². The minimum Gasteiger partial charge on any atom is -0.492 e. The number of nitrogens with zero attached hydrogens (tertiary/aromatic N) is 2. The molecule has 0 saturated carbocycles. The summed E-state index contributed by atoms with van der Waals surface area (Å²) in [5.74, 6) is -0.441. The predicted molar refractivity (Wildman–Crippen MR) is 142 cm³/mol. The summed E-state index contributed by atoms with van der Waals surface area (Å²) in [6, 6.07) is 11.6. The monoisotopic (exact) mass is 555 g/mol. The van der Waals surface area contributed by atoms with Gasteiger partial charge in [0.15, 0.2) is 0 Å². The lowest BCUT2D eigenvalue weighted by atomic mass is 10.0. The van der Waals surface area contributed by atoms with Gasteiger partial charge in [-0.05, 0) is 48.6 Å². The first-order valence-corrected chi connectivity index (χ1v) is 14.6. The zero-order valence-corrected chi connectivity index (χ0v) is 22.4. The zero-order valence-electron chi connectivity index (χ0n) is 21.6. The van der Waals surface area contributed by atoms with Gasteiger partial charge in [-0.25, -0.2) is 8.42 Å². The number of fused-ring (bicyclic) bond motifs is 1. The molecule has 1 unspecified atom stereocenters. The number of carbonyl (C=O) groups excluding carboxylic acids is 3. The molecule has 5 rings (SSSR count). The molecular weight excluding hydrogens is 522 g/mol. The molecule has 1 atom stereocenters. The van der Waals surface area contributed by atoms with E-state index in [1.54, 1.807) is 30.3 Å². The van der Waals surface area contributed by atoms with Crippen molar-refractivity contribution in [3.63, 3.8) is 0 Å². The number of rotatable bonds is 9. The van der Waals surface area contributed by atoms with Gasteiger partial charge in [0.1, 0.15) is 18.4 Å². The Labute approximate surface area is 227 Å². The van der Waals surface area contributed by atoms with Crippen LogP contribution in [0.2, 0.25) is 0 Å². The number of nitrogens with one attached hydrogen (secondary N) is 2. The van der Waals surface area contributed by atoms with Crippen LogP contribution in [-0.4, -0.2) is 73.7 Å². The fraction of sp³-hybridized carbons (Fsp3) is 0.444. The second-order valence-electron chi connectivity index (χ2n) is 10.1. The van der Waals surface area contributed by atoms with Gasteiger partial charge in [-0.2, -0.15) is 4.31 Å². The summed E-state index contributed by atoms with van der Waals surface area (Å²) in [6.45, 7) is 2.60. The highest BCUT2D eigenvalue weighted by Crippen LogP contribution is 2.28. The zero-order chi connectivity index (χ0) is 27.6. The summed E-state index contributed by atoms with van der Waals surface area (Å²) in [7, 11) is -3.59. The van der Waals surface area contributed by atoms with E-state index in [1.807, 2.05) is 12.1 Å². The molecule has 4 N–H and O–H groups in total. The first-order valence-electron chi connectivity index (χ1n) is 13.2. The normalized spacial score (nSPS) is 20.7. The molecule has 2 fully saturated rings. The van der Waals surface area contributed by atoms with E-state index in [-0.39, 0.29) is 29.2 Å². The maximum absolute atomic E-state index is 13.0. The first-order chi connectivity index (χ1) is 18.7. The molecule has 3 aliphatic rings. The lowest BCUT2D eigenvalue weighted by Gasteiger charge is -2.29. The average Bonchev–Trinajstić information content (AvgIpc) is 3.24. The highest BCUT2D eigenvalue weighted by Gasteiger charge is 2.39. The third kappa shape index (κ3) is 5.98. The Morgan fingerprint density at radius 3 is 2.62 bits per heavy atom. The lowest BCUT2D eigenvalue weighted by molar-refractivity contribution is -0.136. The van der Waals surface area contributed by atoms with Crippen molar-refractivity contribution in [1.82, 2.24) is 19.8 Å². The minimum atomic E-state index is -3.59. The number of hydrogen-bond donors (Lipinski definition) is 3. The Balaban J connectivity index is 1.10. The highest BCUT2D eigenvalue weighted by atomic mass is 32.2. The van der Waals surface area contributed by atoms with Crippen molar-refractivity contribution in [3.05, 3.63) is 59.2 Å². The number of hydrogen-bond acceptors (Lipinski definition) is 8. The van der Waals surface area contributed by atoms with Crippen LogP contribution in [0.4, 0.5) is 0 Å². The van der Waals surface area contributed by atoms with Gasteiger partial charge >= 0.3 is 0 Å². The molecule has 2 aromatic rings. The molecule has 0 bridgehead atoms. The van der Waals surface area contributed by atoms with Crippen molar-refractivity contribution < 1.29 is 27.5 Å². The Bertz CT molecular complexity index is 1370. The third-order valence-electron chi connectivity index (χ3n) is 7.41.